The molecule has 1 aromatic heterocycles. The van der Waals surface area contributed by atoms with Crippen LogP contribution in [0.1, 0.15) is 33.9 Å². The number of nitrogen functional groups attached to an aromatic ring is 1. The number of alkyl halides is 1. The molecule has 1 fully saturated rings. The maximum atomic E-state index is 16.2. The molecule has 0 spiro atoms. The minimum atomic E-state index is -4.56. The molecular weight excluding hydrogens is 540 g/mol. The summed E-state index contributed by atoms with van der Waals surface area (Å²) < 4.78 is 51.9. The highest BCUT2D eigenvalue weighted by Crippen LogP contribution is 2.51. The Kier molecular flexibility index (Phi) is 9.01. The third-order valence-electron chi connectivity index (χ3n) is 5.59. The van der Waals surface area contributed by atoms with Gasteiger partial charge in [-0.05, 0) is 51.4 Å². The molecule has 17 heteroatoms. The Labute approximate surface area is 222 Å². The van der Waals surface area contributed by atoms with Gasteiger partial charge in [-0.3, -0.25) is 13.9 Å². The van der Waals surface area contributed by atoms with Gasteiger partial charge in [0.05, 0.1) is 6.10 Å². The Morgan fingerprint density at radius 2 is 2.05 bits per heavy atom. The van der Waals surface area contributed by atoms with Crippen LogP contribution in [0.15, 0.2) is 52.5 Å². The van der Waals surface area contributed by atoms with Gasteiger partial charge in [0.25, 0.3) is 5.85 Å². The zero-order valence-electron chi connectivity index (χ0n) is 21.5. The first kappa shape index (κ1) is 30.0. The Hall–Kier alpha value is -3.52. The number of anilines is 1. The van der Waals surface area contributed by atoms with Gasteiger partial charge in [-0.1, -0.05) is 23.3 Å². The van der Waals surface area contributed by atoms with Crippen molar-refractivity contribution in [2.45, 2.75) is 63.6 Å². The predicted molar refractivity (Wildman–Crippen MR) is 135 cm³/mol. The molecule has 15 nitrogen and oxygen atoms in total. The zero-order valence-corrected chi connectivity index (χ0v) is 22.4. The van der Waals surface area contributed by atoms with Crippen LogP contribution in [-0.4, -0.2) is 56.9 Å². The largest absolute Gasteiger partial charge is 0.462 e. The van der Waals surface area contributed by atoms with Gasteiger partial charge in [-0.25, -0.2) is 13.8 Å². The number of azide groups is 1. The molecule has 6 atom stereocenters. The smallest absolute Gasteiger partial charge is 0.459 e. The van der Waals surface area contributed by atoms with Crippen molar-refractivity contribution < 1.29 is 37.4 Å². The number of benzene rings is 1. The van der Waals surface area contributed by atoms with Crippen LogP contribution in [0.5, 0.6) is 5.75 Å². The average Bonchev–Trinajstić information content (AvgIpc) is 3.05. The molecule has 3 rings (SSSR count). The van der Waals surface area contributed by atoms with Crippen LogP contribution in [-0.2, 0) is 23.4 Å². The second kappa shape index (κ2) is 11.7. The van der Waals surface area contributed by atoms with E-state index in [4.69, 9.17) is 29.8 Å². The summed E-state index contributed by atoms with van der Waals surface area (Å²) in [4.78, 5) is 30.9. The van der Waals surface area contributed by atoms with Crippen LogP contribution < -0.4 is 21.0 Å². The molecule has 212 valence electrons. The molecule has 1 saturated heterocycles. The Morgan fingerprint density at radius 3 is 2.64 bits per heavy atom. The third-order valence-corrected chi connectivity index (χ3v) is 7.21. The highest BCUT2D eigenvalue weighted by molar-refractivity contribution is 7.52. The normalized spacial score (nSPS) is 26.8. The molecule has 1 aliphatic heterocycles. The van der Waals surface area contributed by atoms with Gasteiger partial charge in [0.15, 0.2) is 6.23 Å². The van der Waals surface area contributed by atoms with E-state index >= 15 is 4.39 Å². The van der Waals surface area contributed by atoms with Crippen LogP contribution in [0.3, 0.4) is 0 Å². The second-order valence-corrected chi connectivity index (χ2v) is 10.8. The van der Waals surface area contributed by atoms with E-state index in [1.54, 1.807) is 32.0 Å². The van der Waals surface area contributed by atoms with E-state index in [0.717, 1.165) is 17.7 Å². The fourth-order valence-corrected chi connectivity index (χ4v) is 5.21. The SMILES string of the molecule is CC(C)OC(=O)[C@H](C)NP(=O)(OC[C@@]1(F)O[C@@H](n2ccc(N)nc2=O)[C@](C)(N=[N+]=[N-])[C@@H]1O)Oc1ccccc1. The Balaban J connectivity index is 1.92. The van der Waals surface area contributed by atoms with Crippen molar-refractivity contribution in [3.8, 4) is 5.75 Å². The van der Waals surface area contributed by atoms with Gasteiger partial charge in [-0.2, -0.15) is 10.1 Å². The number of halogens is 1. The van der Waals surface area contributed by atoms with E-state index in [0.29, 0.717) is 0 Å². The maximum Gasteiger partial charge on any atom is 0.459 e. The summed E-state index contributed by atoms with van der Waals surface area (Å²) in [5.74, 6) is -4.06. The summed E-state index contributed by atoms with van der Waals surface area (Å²) in [6, 6.07) is 7.68. The van der Waals surface area contributed by atoms with E-state index in [-0.39, 0.29) is 11.6 Å². The zero-order chi connectivity index (χ0) is 29.0. The highest BCUT2D eigenvalue weighted by atomic mass is 31.2. The summed E-state index contributed by atoms with van der Waals surface area (Å²) in [7, 11) is -4.56. The number of aromatic nitrogens is 2. The standard InChI is InChI=1S/C22H29FN7O8P/c1-13(2)36-17(31)14(3)27-39(34,38-15-8-6-5-7-9-15)35-12-22(23)18(32)21(4,28-29-25)19(37-22)30-11-10-16(24)26-20(30)33/h5-11,13-14,18-19,32H,12H2,1-4H3,(H,27,34)(H2,24,26,33)/t14-,18-,19+,21+,22+,39?/m0/s1. The van der Waals surface area contributed by atoms with Crippen LogP contribution in [0.25, 0.3) is 10.4 Å². The lowest BCUT2D eigenvalue weighted by atomic mass is 9.92. The van der Waals surface area contributed by atoms with E-state index in [9.17, 15) is 19.3 Å². The number of aliphatic hydroxyl groups excluding tert-OH is 1. The lowest BCUT2D eigenvalue weighted by Crippen LogP contribution is -2.49. The molecule has 0 aliphatic carbocycles. The van der Waals surface area contributed by atoms with Crippen molar-refractivity contribution in [2.75, 3.05) is 12.3 Å². The first-order chi connectivity index (χ1) is 18.2. The number of carbonyl (C=O) groups excluding carboxylic acids is 1. The first-order valence-electron chi connectivity index (χ1n) is 11.7. The monoisotopic (exact) mass is 569 g/mol. The summed E-state index contributed by atoms with van der Waals surface area (Å²) in [6.07, 6.45) is -3.30. The van der Waals surface area contributed by atoms with Gasteiger partial charge in [0, 0.05) is 11.1 Å². The lowest BCUT2D eigenvalue weighted by molar-refractivity contribution is -0.203. The van der Waals surface area contributed by atoms with Crippen LogP contribution in [0, 0.1) is 0 Å². The minimum Gasteiger partial charge on any atom is -0.462 e. The van der Waals surface area contributed by atoms with Crippen molar-refractivity contribution in [1.29, 1.82) is 0 Å². The minimum absolute atomic E-state index is 0.0508. The second-order valence-electron chi connectivity index (χ2n) is 9.13. The van der Waals surface area contributed by atoms with Crippen molar-refractivity contribution in [3.63, 3.8) is 0 Å². The van der Waals surface area contributed by atoms with Crippen molar-refractivity contribution in [2.24, 2.45) is 5.11 Å². The van der Waals surface area contributed by atoms with Gasteiger partial charge < -0.3 is 24.8 Å². The molecule has 0 saturated carbocycles. The molecule has 1 aliphatic rings. The average molecular weight is 569 g/mol. The molecule has 2 aromatic rings. The van der Waals surface area contributed by atoms with Gasteiger partial charge in [-0.15, -0.1) is 0 Å². The number of rotatable bonds is 11. The van der Waals surface area contributed by atoms with Crippen LogP contribution in [0.2, 0.25) is 0 Å². The fraction of sp³-hybridized carbons (Fsp3) is 0.500. The van der Waals surface area contributed by atoms with Crippen molar-refractivity contribution >= 4 is 19.5 Å². The quantitative estimate of drug-likeness (QED) is 0.118. The topological polar surface area (TPSA) is 213 Å². The van der Waals surface area contributed by atoms with Crippen LogP contribution in [0.4, 0.5) is 10.2 Å². The predicted octanol–water partition coefficient (Wildman–Crippen LogP) is 2.58. The number of nitrogens with one attached hydrogen (secondary N) is 1. The van der Waals surface area contributed by atoms with Gasteiger partial charge >= 0.3 is 19.4 Å². The molecule has 0 radical (unpaired) electrons. The number of hydrogen-bond acceptors (Lipinski definition) is 11. The maximum absolute atomic E-state index is 16.2. The molecule has 39 heavy (non-hydrogen) atoms. The molecular formula is C22H29FN7O8P. The molecule has 0 bridgehead atoms. The van der Waals surface area contributed by atoms with Crippen LogP contribution >= 0.6 is 7.75 Å². The molecule has 4 N–H and O–H groups in total. The highest BCUT2D eigenvalue weighted by Gasteiger charge is 2.64. The van der Waals surface area contributed by atoms with E-state index in [2.05, 4.69) is 20.1 Å². The number of nitrogens with zero attached hydrogens (tertiary/aromatic N) is 5. The van der Waals surface area contributed by atoms with E-state index in [1.165, 1.54) is 25.1 Å². The summed E-state index contributed by atoms with van der Waals surface area (Å²) in [6.45, 7) is 4.46. The summed E-state index contributed by atoms with van der Waals surface area (Å²) >= 11 is 0. The van der Waals surface area contributed by atoms with Gasteiger partial charge in [0.1, 0.15) is 35.9 Å². The summed E-state index contributed by atoms with van der Waals surface area (Å²) in [5, 5.41) is 16.8. The number of aliphatic hydroxyl groups is 1. The molecule has 2 heterocycles. The number of carbonyl (C=O) groups is 1. The third kappa shape index (κ3) is 6.74. The summed E-state index contributed by atoms with van der Waals surface area (Å²) in [5.41, 5.74) is 11.5. The Morgan fingerprint density at radius 1 is 1.38 bits per heavy atom. The lowest BCUT2D eigenvalue weighted by Gasteiger charge is -2.29. The number of nitrogens with two attached hydrogens (primary N) is 1. The fourth-order valence-electron chi connectivity index (χ4n) is 3.70. The number of para-hydroxylation sites is 1. The molecule has 1 unspecified atom stereocenters. The first-order valence-corrected chi connectivity index (χ1v) is 13.2. The van der Waals surface area contributed by atoms with E-state index in [1.807, 2.05) is 0 Å². The number of ether oxygens (including phenoxy) is 2. The van der Waals surface area contributed by atoms with Crippen molar-refractivity contribution in [3.05, 3.63) is 63.5 Å². The molecule has 1 aromatic carbocycles. The number of hydrogen-bond donors (Lipinski definition) is 3. The van der Waals surface area contributed by atoms with Crippen molar-refractivity contribution in [1.82, 2.24) is 14.6 Å². The Bertz CT molecular complexity index is 1340. The van der Waals surface area contributed by atoms with E-state index < -0.39 is 61.9 Å². The van der Waals surface area contributed by atoms with Gasteiger partial charge in [0.2, 0.25) is 0 Å². The molecule has 0 amide bonds. The number of esters is 1.